The van der Waals surface area contributed by atoms with Crippen LogP contribution in [0.3, 0.4) is 0 Å². The predicted octanol–water partition coefficient (Wildman–Crippen LogP) is 3.41. The number of thiazole rings is 1. The van der Waals surface area contributed by atoms with Gasteiger partial charge in [-0.25, -0.2) is 4.98 Å². The Morgan fingerprint density at radius 1 is 1.35 bits per heavy atom. The summed E-state index contributed by atoms with van der Waals surface area (Å²) in [6.45, 7) is 7.12. The van der Waals surface area contributed by atoms with Crippen molar-refractivity contribution in [2.45, 2.75) is 39.3 Å². The highest BCUT2D eigenvalue weighted by molar-refractivity contribution is 7.07. The predicted molar refractivity (Wildman–Crippen MR) is 82.3 cm³/mol. The second-order valence-corrected chi connectivity index (χ2v) is 5.64. The standard InChI is InChI=1S/C15H21N3OS/c1-4-5-17-15(14-9-20-10-18-14)12-6-13(8-16-7-12)19-11(2)3/h6-11,15,17H,4-5H2,1-3H3. The maximum absolute atomic E-state index is 5.72. The van der Waals surface area contributed by atoms with Crippen molar-refractivity contribution in [3.05, 3.63) is 40.6 Å². The van der Waals surface area contributed by atoms with Gasteiger partial charge in [0.15, 0.2) is 0 Å². The molecule has 0 amide bonds. The first-order chi connectivity index (χ1) is 9.70. The van der Waals surface area contributed by atoms with Crippen LogP contribution >= 0.6 is 11.3 Å². The van der Waals surface area contributed by atoms with Gasteiger partial charge in [-0.15, -0.1) is 11.3 Å². The molecule has 0 radical (unpaired) electrons. The summed E-state index contributed by atoms with van der Waals surface area (Å²) in [6.07, 6.45) is 4.85. The highest BCUT2D eigenvalue weighted by Crippen LogP contribution is 2.24. The van der Waals surface area contributed by atoms with E-state index in [-0.39, 0.29) is 12.1 Å². The number of pyridine rings is 1. The SMILES string of the molecule is CCCNC(c1cncc(OC(C)C)c1)c1cscn1. The fourth-order valence-electron chi connectivity index (χ4n) is 1.98. The lowest BCUT2D eigenvalue weighted by molar-refractivity contribution is 0.241. The van der Waals surface area contributed by atoms with E-state index in [1.807, 2.05) is 31.6 Å². The second kappa shape index (κ2) is 7.36. The third kappa shape index (κ3) is 4.02. The summed E-state index contributed by atoms with van der Waals surface area (Å²) in [4.78, 5) is 8.71. The van der Waals surface area contributed by atoms with Crippen LogP contribution in [0.5, 0.6) is 5.75 Å². The number of rotatable bonds is 7. The lowest BCUT2D eigenvalue weighted by Gasteiger charge is -2.18. The summed E-state index contributed by atoms with van der Waals surface area (Å²) >= 11 is 1.61. The fourth-order valence-corrected chi connectivity index (χ4v) is 2.56. The van der Waals surface area contributed by atoms with Crippen molar-refractivity contribution in [2.24, 2.45) is 0 Å². The van der Waals surface area contributed by atoms with Crippen LogP contribution in [-0.4, -0.2) is 22.6 Å². The number of hydrogen-bond donors (Lipinski definition) is 1. The Bertz CT molecular complexity index is 514. The topological polar surface area (TPSA) is 47.0 Å². The summed E-state index contributed by atoms with van der Waals surface area (Å²) in [7, 11) is 0. The molecular formula is C15H21N3OS. The van der Waals surface area contributed by atoms with Crippen LogP contribution in [0.25, 0.3) is 0 Å². The van der Waals surface area contributed by atoms with E-state index in [4.69, 9.17) is 4.74 Å². The van der Waals surface area contributed by atoms with E-state index in [1.54, 1.807) is 17.5 Å². The van der Waals surface area contributed by atoms with E-state index in [1.165, 1.54) is 0 Å². The summed E-state index contributed by atoms with van der Waals surface area (Å²) in [5.74, 6) is 0.802. The Kier molecular flexibility index (Phi) is 5.49. The molecule has 5 heteroatoms. The molecule has 1 N–H and O–H groups in total. The number of nitrogens with one attached hydrogen (secondary N) is 1. The molecule has 2 heterocycles. The molecule has 0 aromatic carbocycles. The lowest BCUT2D eigenvalue weighted by atomic mass is 10.1. The Morgan fingerprint density at radius 2 is 2.20 bits per heavy atom. The molecule has 20 heavy (non-hydrogen) atoms. The van der Waals surface area contributed by atoms with Gasteiger partial charge in [-0.2, -0.15) is 0 Å². The first-order valence-corrected chi connectivity index (χ1v) is 7.88. The minimum absolute atomic E-state index is 0.0735. The molecule has 2 aromatic heterocycles. The Morgan fingerprint density at radius 3 is 2.85 bits per heavy atom. The first kappa shape index (κ1) is 14.9. The third-order valence-corrected chi connectivity index (χ3v) is 3.39. The largest absolute Gasteiger partial charge is 0.489 e. The van der Waals surface area contributed by atoms with Gasteiger partial charge in [0.05, 0.1) is 29.5 Å². The van der Waals surface area contributed by atoms with E-state index in [0.29, 0.717) is 0 Å². The van der Waals surface area contributed by atoms with Crippen molar-refractivity contribution in [3.8, 4) is 5.75 Å². The summed E-state index contributed by atoms with van der Waals surface area (Å²) in [5, 5.41) is 5.59. The molecule has 1 atom stereocenters. The lowest BCUT2D eigenvalue weighted by Crippen LogP contribution is -2.23. The first-order valence-electron chi connectivity index (χ1n) is 6.93. The van der Waals surface area contributed by atoms with Crippen LogP contribution in [-0.2, 0) is 0 Å². The van der Waals surface area contributed by atoms with Crippen LogP contribution in [0, 0.1) is 0 Å². The van der Waals surface area contributed by atoms with Gasteiger partial charge in [0, 0.05) is 11.6 Å². The van der Waals surface area contributed by atoms with E-state index in [2.05, 4.69) is 27.6 Å². The van der Waals surface area contributed by atoms with Gasteiger partial charge >= 0.3 is 0 Å². The molecule has 1 unspecified atom stereocenters. The molecular weight excluding hydrogens is 270 g/mol. The van der Waals surface area contributed by atoms with Crippen molar-refractivity contribution in [1.82, 2.24) is 15.3 Å². The van der Waals surface area contributed by atoms with E-state index in [0.717, 1.165) is 30.0 Å². The number of nitrogens with zero attached hydrogens (tertiary/aromatic N) is 2. The highest BCUT2D eigenvalue weighted by Gasteiger charge is 2.16. The average Bonchev–Trinajstić information content (AvgIpc) is 2.93. The van der Waals surface area contributed by atoms with Crippen LogP contribution in [0.1, 0.15) is 44.5 Å². The molecule has 2 rings (SSSR count). The van der Waals surface area contributed by atoms with Crippen molar-refractivity contribution >= 4 is 11.3 Å². The smallest absolute Gasteiger partial charge is 0.138 e. The maximum atomic E-state index is 5.72. The number of ether oxygens (including phenoxy) is 1. The van der Waals surface area contributed by atoms with Gasteiger partial charge in [-0.3, -0.25) is 4.98 Å². The molecule has 4 nitrogen and oxygen atoms in total. The third-order valence-electron chi connectivity index (χ3n) is 2.79. The van der Waals surface area contributed by atoms with Gasteiger partial charge in [0.25, 0.3) is 0 Å². The zero-order chi connectivity index (χ0) is 14.4. The maximum Gasteiger partial charge on any atom is 0.138 e. The van der Waals surface area contributed by atoms with E-state index < -0.39 is 0 Å². The molecule has 0 fully saturated rings. The van der Waals surface area contributed by atoms with Crippen molar-refractivity contribution in [3.63, 3.8) is 0 Å². The van der Waals surface area contributed by atoms with Gasteiger partial charge < -0.3 is 10.1 Å². The second-order valence-electron chi connectivity index (χ2n) is 4.92. The van der Waals surface area contributed by atoms with Gasteiger partial charge in [-0.1, -0.05) is 6.92 Å². The Hall–Kier alpha value is -1.46. The quantitative estimate of drug-likeness (QED) is 0.849. The van der Waals surface area contributed by atoms with Crippen molar-refractivity contribution < 1.29 is 4.74 Å². The summed E-state index contributed by atoms with van der Waals surface area (Å²) < 4.78 is 5.72. The molecule has 0 spiro atoms. The number of hydrogen-bond acceptors (Lipinski definition) is 5. The minimum Gasteiger partial charge on any atom is -0.489 e. The number of aromatic nitrogens is 2. The van der Waals surface area contributed by atoms with Gasteiger partial charge in [-0.05, 0) is 38.4 Å². The van der Waals surface area contributed by atoms with Crippen molar-refractivity contribution in [2.75, 3.05) is 6.54 Å². The fraction of sp³-hybridized carbons (Fsp3) is 0.467. The van der Waals surface area contributed by atoms with E-state index >= 15 is 0 Å². The Balaban J connectivity index is 2.24. The molecule has 0 bridgehead atoms. The zero-order valence-corrected chi connectivity index (χ0v) is 13.0. The van der Waals surface area contributed by atoms with E-state index in [9.17, 15) is 0 Å². The minimum atomic E-state index is 0.0735. The molecule has 2 aromatic rings. The summed E-state index contributed by atoms with van der Waals surface area (Å²) in [5.41, 5.74) is 3.98. The molecule has 108 valence electrons. The monoisotopic (exact) mass is 291 g/mol. The van der Waals surface area contributed by atoms with Crippen LogP contribution in [0.2, 0.25) is 0 Å². The molecule has 0 saturated carbocycles. The molecule has 0 aliphatic rings. The Labute approximate surface area is 124 Å². The normalized spacial score (nSPS) is 12.6. The van der Waals surface area contributed by atoms with Crippen LogP contribution in [0.4, 0.5) is 0 Å². The molecule has 0 aliphatic carbocycles. The van der Waals surface area contributed by atoms with Crippen molar-refractivity contribution in [1.29, 1.82) is 0 Å². The van der Waals surface area contributed by atoms with Crippen LogP contribution < -0.4 is 10.1 Å². The molecule has 0 saturated heterocycles. The average molecular weight is 291 g/mol. The van der Waals surface area contributed by atoms with Crippen LogP contribution in [0.15, 0.2) is 29.4 Å². The summed E-state index contributed by atoms with van der Waals surface area (Å²) in [6, 6.07) is 2.11. The molecule has 0 aliphatic heterocycles. The zero-order valence-electron chi connectivity index (χ0n) is 12.2. The van der Waals surface area contributed by atoms with Gasteiger partial charge in [0.1, 0.15) is 5.75 Å². The van der Waals surface area contributed by atoms with Gasteiger partial charge in [0.2, 0.25) is 0 Å². The highest BCUT2D eigenvalue weighted by atomic mass is 32.1.